The van der Waals surface area contributed by atoms with E-state index in [4.69, 9.17) is 28.2 Å². The summed E-state index contributed by atoms with van der Waals surface area (Å²) >= 11 is 12.3. The van der Waals surface area contributed by atoms with Gasteiger partial charge in [0.1, 0.15) is 11.6 Å². The number of aromatic amines is 2. The minimum atomic E-state index is -0.457. The van der Waals surface area contributed by atoms with Crippen LogP contribution < -0.4 is 10.9 Å². The Bertz CT molecular complexity index is 1440. The van der Waals surface area contributed by atoms with E-state index in [0.717, 1.165) is 0 Å². The van der Waals surface area contributed by atoms with Crippen molar-refractivity contribution in [3.8, 4) is 5.82 Å². The number of rotatable bonds is 4. The monoisotopic (exact) mass is 441 g/mol. The molecule has 10 nitrogen and oxygen atoms in total. The molecule has 5 rings (SSSR count). The highest BCUT2D eigenvalue weighted by Crippen LogP contribution is 2.26. The minimum Gasteiger partial charge on any atom is -0.360 e. The maximum Gasteiger partial charge on any atom is 0.268 e. The van der Waals surface area contributed by atoms with Gasteiger partial charge in [0.05, 0.1) is 33.6 Å². The zero-order valence-corrected chi connectivity index (χ0v) is 16.9. The summed E-state index contributed by atoms with van der Waals surface area (Å²) in [5.41, 5.74) is 0.653. The summed E-state index contributed by atoms with van der Waals surface area (Å²) in [6, 6.07) is 6.36. The van der Waals surface area contributed by atoms with Crippen LogP contribution in [0.5, 0.6) is 0 Å². The van der Waals surface area contributed by atoms with Crippen LogP contribution in [0.4, 0.5) is 5.82 Å². The molecule has 0 aliphatic heterocycles. The van der Waals surface area contributed by atoms with Crippen molar-refractivity contribution in [1.29, 1.82) is 0 Å². The second-order valence-corrected chi connectivity index (χ2v) is 7.26. The van der Waals surface area contributed by atoms with Crippen LogP contribution in [0.1, 0.15) is 18.8 Å². The lowest BCUT2D eigenvalue weighted by atomic mass is 10.2. The number of benzene rings is 1. The SMILES string of the molecule is C[C@H](Nc1nc(Cl)nc2[nH]ncc12)c1nc2cccc(Cl)c2c(=O)n1-c1cc[nH]n1. The van der Waals surface area contributed by atoms with Crippen LogP contribution in [0, 0.1) is 0 Å². The molecule has 0 saturated carbocycles. The van der Waals surface area contributed by atoms with Gasteiger partial charge in [-0.05, 0) is 30.7 Å². The van der Waals surface area contributed by atoms with Crippen LogP contribution in [0.15, 0.2) is 41.5 Å². The van der Waals surface area contributed by atoms with Gasteiger partial charge in [-0.25, -0.2) is 9.55 Å². The van der Waals surface area contributed by atoms with Gasteiger partial charge in [0, 0.05) is 12.3 Å². The summed E-state index contributed by atoms with van der Waals surface area (Å²) in [4.78, 5) is 26.4. The molecule has 5 aromatic rings. The Morgan fingerprint density at radius 2 is 2.03 bits per heavy atom. The summed E-state index contributed by atoms with van der Waals surface area (Å²) in [6.45, 7) is 1.85. The third kappa shape index (κ3) is 2.97. The molecule has 4 heterocycles. The van der Waals surface area contributed by atoms with Crippen molar-refractivity contribution in [2.75, 3.05) is 5.32 Å². The lowest BCUT2D eigenvalue weighted by Crippen LogP contribution is -2.28. The topological polar surface area (TPSA) is 130 Å². The Morgan fingerprint density at radius 1 is 1.17 bits per heavy atom. The Morgan fingerprint density at radius 3 is 2.83 bits per heavy atom. The van der Waals surface area contributed by atoms with Crippen molar-refractivity contribution in [1.82, 2.24) is 39.9 Å². The van der Waals surface area contributed by atoms with Crippen LogP contribution in [0.3, 0.4) is 0 Å². The fraction of sp³-hybridized carbons (Fsp3) is 0.111. The third-order valence-corrected chi connectivity index (χ3v) is 5.09. The fourth-order valence-electron chi connectivity index (χ4n) is 3.28. The maximum atomic E-state index is 13.3. The molecule has 0 bridgehead atoms. The summed E-state index contributed by atoms with van der Waals surface area (Å²) in [5.74, 6) is 1.28. The highest BCUT2D eigenvalue weighted by atomic mass is 35.5. The van der Waals surface area contributed by atoms with E-state index in [1.807, 2.05) is 6.92 Å². The van der Waals surface area contributed by atoms with Crippen LogP contribution >= 0.6 is 23.2 Å². The molecule has 4 aromatic heterocycles. The molecule has 3 N–H and O–H groups in total. The first-order chi connectivity index (χ1) is 14.5. The lowest BCUT2D eigenvalue weighted by molar-refractivity contribution is 0.720. The van der Waals surface area contributed by atoms with Crippen LogP contribution in [-0.4, -0.2) is 39.9 Å². The first kappa shape index (κ1) is 18.5. The molecular weight excluding hydrogens is 429 g/mol. The van der Waals surface area contributed by atoms with E-state index < -0.39 is 6.04 Å². The predicted molar refractivity (Wildman–Crippen MR) is 113 cm³/mol. The van der Waals surface area contributed by atoms with Crippen LogP contribution in [0.25, 0.3) is 27.8 Å². The van der Waals surface area contributed by atoms with Crippen molar-refractivity contribution in [2.45, 2.75) is 13.0 Å². The van der Waals surface area contributed by atoms with Crippen molar-refractivity contribution in [3.05, 3.63) is 63.1 Å². The largest absolute Gasteiger partial charge is 0.360 e. The highest BCUT2D eigenvalue weighted by molar-refractivity contribution is 6.35. The summed E-state index contributed by atoms with van der Waals surface area (Å²) in [5, 5.41) is 18.2. The molecule has 0 fully saturated rings. The molecule has 1 aromatic carbocycles. The smallest absolute Gasteiger partial charge is 0.268 e. The third-order valence-electron chi connectivity index (χ3n) is 4.61. The van der Waals surface area contributed by atoms with Gasteiger partial charge in [-0.3, -0.25) is 15.0 Å². The molecule has 0 aliphatic rings. The van der Waals surface area contributed by atoms with Gasteiger partial charge in [0.2, 0.25) is 5.28 Å². The molecule has 150 valence electrons. The highest BCUT2D eigenvalue weighted by Gasteiger charge is 2.21. The molecule has 0 spiro atoms. The number of anilines is 1. The molecule has 0 aliphatic carbocycles. The number of nitrogens with zero attached hydrogens (tertiary/aromatic N) is 6. The van der Waals surface area contributed by atoms with Gasteiger partial charge >= 0.3 is 0 Å². The van der Waals surface area contributed by atoms with Crippen molar-refractivity contribution < 1.29 is 0 Å². The van der Waals surface area contributed by atoms with E-state index in [9.17, 15) is 4.79 Å². The van der Waals surface area contributed by atoms with Gasteiger partial charge in [0.15, 0.2) is 11.5 Å². The second kappa shape index (κ2) is 7.08. The molecule has 1 atom stereocenters. The Labute approximate surface area is 178 Å². The Balaban J connectivity index is 1.70. The number of nitrogens with one attached hydrogen (secondary N) is 3. The van der Waals surface area contributed by atoms with Gasteiger partial charge in [-0.1, -0.05) is 17.7 Å². The first-order valence-corrected chi connectivity index (χ1v) is 9.63. The summed E-state index contributed by atoms with van der Waals surface area (Å²) in [6.07, 6.45) is 3.22. The van der Waals surface area contributed by atoms with Crippen molar-refractivity contribution in [2.24, 2.45) is 0 Å². The zero-order chi connectivity index (χ0) is 20.8. The van der Waals surface area contributed by atoms with E-state index in [1.165, 1.54) is 4.57 Å². The molecule has 30 heavy (non-hydrogen) atoms. The molecule has 12 heteroatoms. The fourth-order valence-corrected chi connectivity index (χ4v) is 3.70. The quantitative estimate of drug-likeness (QED) is 0.364. The Hall–Kier alpha value is -3.50. The molecule has 0 radical (unpaired) electrons. The minimum absolute atomic E-state index is 0.0596. The summed E-state index contributed by atoms with van der Waals surface area (Å²) < 4.78 is 1.41. The molecular formula is C18H13Cl2N9O. The van der Waals surface area contributed by atoms with E-state index in [0.29, 0.717) is 44.4 Å². The second-order valence-electron chi connectivity index (χ2n) is 6.52. The number of hydrogen-bond donors (Lipinski definition) is 3. The van der Waals surface area contributed by atoms with Crippen LogP contribution in [0.2, 0.25) is 10.3 Å². The van der Waals surface area contributed by atoms with Crippen molar-refractivity contribution in [3.63, 3.8) is 0 Å². The van der Waals surface area contributed by atoms with Crippen LogP contribution in [-0.2, 0) is 0 Å². The van der Waals surface area contributed by atoms with E-state index >= 15 is 0 Å². The number of H-pyrrole nitrogens is 2. The molecule has 0 amide bonds. The number of halogens is 2. The van der Waals surface area contributed by atoms with E-state index in [2.05, 4.69) is 35.7 Å². The van der Waals surface area contributed by atoms with Gasteiger partial charge in [-0.2, -0.15) is 20.2 Å². The standard InChI is InChI=1S/C18H13Cl2N9O/c1-8(23-14-9-7-22-28-15(9)26-18(20)25-14)16-24-11-4-2-3-10(19)13(11)17(30)29(16)12-5-6-21-27-12/h2-8H,1H3,(H,21,27)(H2,22,23,25,26,28)/t8-/m0/s1. The van der Waals surface area contributed by atoms with Gasteiger partial charge in [0.25, 0.3) is 5.56 Å². The average molecular weight is 442 g/mol. The predicted octanol–water partition coefficient (Wildman–Crippen LogP) is 3.26. The van der Waals surface area contributed by atoms with Gasteiger partial charge in [-0.15, -0.1) is 0 Å². The molecule has 0 saturated heterocycles. The normalized spacial score (nSPS) is 12.5. The zero-order valence-electron chi connectivity index (χ0n) is 15.4. The number of fused-ring (bicyclic) bond motifs is 2. The molecule has 0 unspecified atom stereocenters. The lowest BCUT2D eigenvalue weighted by Gasteiger charge is -2.19. The van der Waals surface area contributed by atoms with Gasteiger partial charge < -0.3 is 5.32 Å². The number of aromatic nitrogens is 8. The van der Waals surface area contributed by atoms with Crippen molar-refractivity contribution >= 4 is 51.0 Å². The average Bonchev–Trinajstić information content (AvgIpc) is 3.39. The first-order valence-electron chi connectivity index (χ1n) is 8.87. The maximum absolute atomic E-state index is 13.3. The van der Waals surface area contributed by atoms with E-state index in [-0.39, 0.29) is 10.8 Å². The number of hydrogen-bond acceptors (Lipinski definition) is 7. The summed E-state index contributed by atoms with van der Waals surface area (Å²) in [7, 11) is 0. The van der Waals surface area contributed by atoms with E-state index in [1.54, 1.807) is 36.7 Å². The Kier molecular flexibility index (Phi) is 4.37.